The molecule has 5 rings (SSSR count). The number of carbonyl (C=O) groups is 2. The first-order chi connectivity index (χ1) is 14.9. The highest BCUT2D eigenvalue weighted by Gasteiger charge is 2.34. The number of nitrogens with one attached hydrogen (secondary N) is 2. The molecule has 2 N–H and O–H groups in total. The molecule has 1 aromatic carbocycles. The molecule has 1 aliphatic carbocycles. The Morgan fingerprint density at radius 2 is 1.94 bits per heavy atom. The van der Waals surface area contributed by atoms with Gasteiger partial charge in [-0.2, -0.15) is 0 Å². The summed E-state index contributed by atoms with van der Waals surface area (Å²) in [5.74, 6) is 0.425. The lowest BCUT2D eigenvalue weighted by molar-refractivity contribution is -0.125. The third kappa shape index (κ3) is 4.01. The summed E-state index contributed by atoms with van der Waals surface area (Å²) in [6.45, 7) is 0.0788. The van der Waals surface area contributed by atoms with Crippen LogP contribution in [0.2, 0.25) is 0 Å². The van der Waals surface area contributed by atoms with Crippen LogP contribution in [-0.2, 0) is 27.5 Å². The number of ether oxygens (including phenoxy) is 2. The van der Waals surface area contributed by atoms with Crippen molar-refractivity contribution in [2.45, 2.75) is 37.8 Å². The van der Waals surface area contributed by atoms with Crippen LogP contribution in [0.15, 0.2) is 24.3 Å². The van der Waals surface area contributed by atoms with Crippen molar-refractivity contribution >= 4 is 38.0 Å². The van der Waals surface area contributed by atoms with E-state index in [1.165, 1.54) is 11.3 Å². The van der Waals surface area contributed by atoms with E-state index in [9.17, 15) is 18.0 Å². The van der Waals surface area contributed by atoms with E-state index in [0.29, 0.717) is 28.5 Å². The average molecular weight is 463 g/mol. The normalized spacial score (nSPS) is 23.2. The van der Waals surface area contributed by atoms with Gasteiger partial charge in [-0.3, -0.25) is 9.59 Å². The number of fused-ring (bicyclic) bond motifs is 2. The van der Waals surface area contributed by atoms with Crippen LogP contribution in [0.3, 0.4) is 0 Å². The Balaban J connectivity index is 1.34. The summed E-state index contributed by atoms with van der Waals surface area (Å²) in [6.07, 6.45) is 2.18. The Morgan fingerprint density at radius 1 is 1.13 bits per heavy atom. The van der Waals surface area contributed by atoms with Gasteiger partial charge in [-0.05, 0) is 43.4 Å². The van der Waals surface area contributed by atoms with Crippen LogP contribution in [0.5, 0.6) is 11.5 Å². The standard InChI is InChI=1S/C21H22N2O6S2/c24-19(16-10-28-14-5-1-2-6-15(14)29-16)23-21-18(13-4-3-7-17(13)30-21)20(25)22-12-8-9-31(26,27)11-12/h1-2,5-6,12,16H,3-4,7-11H2,(H,22,25)(H,23,24). The van der Waals surface area contributed by atoms with Gasteiger partial charge < -0.3 is 20.1 Å². The van der Waals surface area contributed by atoms with E-state index in [1.807, 2.05) is 6.07 Å². The third-order valence-corrected chi connectivity index (χ3v) is 8.73. The predicted molar refractivity (Wildman–Crippen MR) is 116 cm³/mol. The van der Waals surface area contributed by atoms with Crippen molar-refractivity contribution in [3.63, 3.8) is 0 Å². The van der Waals surface area contributed by atoms with Gasteiger partial charge in [0.2, 0.25) is 6.10 Å². The zero-order valence-electron chi connectivity index (χ0n) is 16.7. The molecule has 8 nitrogen and oxygen atoms in total. The Kier molecular flexibility index (Phi) is 5.13. The number of thiophene rings is 1. The minimum absolute atomic E-state index is 0.0422. The van der Waals surface area contributed by atoms with Crippen molar-refractivity contribution < 1.29 is 27.5 Å². The number of sulfone groups is 1. The van der Waals surface area contributed by atoms with Gasteiger partial charge in [-0.25, -0.2) is 8.42 Å². The fourth-order valence-corrected chi connectivity index (χ4v) is 7.20. The predicted octanol–water partition coefficient (Wildman–Crippen LogP) is 1.93. The van der Waals surface area contributed by atoms with Crippen LogP contribution in [0.25, 0.3) is 0 Å². The summed E-state index contributed by atoms with van der Waals surface area (Å²) < 4.78 is 34.9. The van der Waals surface area contributed by atoms with E-state index in [1.54, 1.807) is 18.2 Å². The van der Waals surface area contributed by atoms with E-state index >= 15 is 0 Å². The van der Waals surface area contributed by atoms with E-state index in [-0.39, 0.29) is 29.9 Å². The molecule has 2 aliphatic heterocycles. The van der Waals surface area contributed by atoms with Crippen molar-refractivity contribution in [1.29, 1.82) is 0 Å². The summed E-state index contributed by atoms with van der Waals surface area (Å²) >= 11 is 1.41. The first-order valence-corrected chi connectivity index (χ1v) is 12.9. The summed E-state index contributed by atoms with van der Waals surface area (Å²) in [6, 6.07) is 6.75. The minimum atomic E-state index is -3.10. The van der Waals surface area contributed by atoms with Gasteiger partial charge in [-0.1, -0.05) is 12.1 Å². The lowest BCUT2D eigenvalue weighted by Crippen LogP contribution is -2.41. The highest BCUT2D eigenvalue weighted by molar-refractivity contribution is 7.91. The van der Waals surface area contributed by atoms with Crippen molar-refractivity contribution in [1.82, 2.24) is 5.32 Å². The van der Waals surface area contributed by atoms with Gasteiger partial charge in [0.05, 0.1) is 17.1 Å². The Hall–Kier alpha value is -2.59. The van der Waals surface area contributed by atoms with Gasteiger partial charge >= 0.3 is 0 Å². The SMILES string of the molecule is O=C(NC1CCS(=O)(=O)C1)c1c(NC(=O)C2COc3ccccc3O2)sc2c1CCC2. The molecule has 0 radical (unpaired) electrons. The molecule has 0 spiro atoms. The molecule has 164 valence electrons. The molecule has 3 aliphatic rings. The largest absolute Gasteiger partial charge is 0.485 e. The molecule has 1 aromatic heterocycles. The van der Waals surface area contributed by atoms with Crippen LogP contribution in [-0.4, -0.2) is 50.5 Å². The molecule has 0 saturated carbocycles. The molecule has 10 heteroatoms. The van der Waals surface area contributed by atoms with Gasteiger partial charge in [0.15, 0.2) is 21.3 Å². The zero-order valence-corrected chi connectivity index (χ0v) is 18.3. The lowest BCUT2D eigenvalue weighted by atomic mass is 10.1. The van der Waals surface area contributed by atoms with Crippen LogP contribution < -0.4 is 20.1 Å². The summed E-state index contributed by atoms with van der Waals surface area (Å²) in [5, 5.41) is 6.19. The first kappa shape index (κ1) is 20.3. The van der Waals surface area contributed by atoms with E-state index < -0.39 is 22.0 Å². The highest BCUT2D eigenvalue weighted by atomic mass is 32.2. The molecule has 2 unspecified atom stereocenters. The molecular weight excluding hydrogens is 440 g/mol. The van der Waals surface area contributed by atoms with Gasteiger partial charge in [0.1, 0.15) is 11.6 Å². The molecular formula is C21H22N2O6S2. The number of para-hydroxylation sites is 2. The van der Waals surface area contributed by atoms with E-state index in [0.717, 1.165) is 29.7 Å². The molecule has 1 fully saturated rings. The van der Waals surface area contributed by atoms with Gasteiger partial charge in [0, 0.05) is 10.9 Å². The van der Waals surface area contributed by atoms with Gasteiger partial charge in [0.25, 0.3) is 11.8 Å². The third-order valence-electron chi connectivity index (χ3n) is 5.75. The second-order valence-corrected chi connectivity index (χ2v) is 11.3. The van der Waals surface area contributed by atoms with Crippen molar-refractivity contribution in [2.24, 2.45) is 0 Å². The average Bonchev–Trinajstić information content (AvgIpc) is 3.41. The van der Waals surface area contributed by atoms with Crippen molar-refractivity contribution in [3.05, 3.63) is 40.3 Å². The molecule has 1 saturated heterocycles. The second-order valence-electron chi connectivity index (χ2n) is 7.99. The number of carbonyl (C=O) groups excluding carboxylic acids is 2. The highest BCUT2D eigenvalue weighted by Crippen LogP contribution is 2.39. The van der Waals surface area contributed by atoms with Crippen LogP contribution in [0.4, 0.5) is 5.00 Å². The number of amides is 2. The Bertz CT molecular complexity index is 1160. The molecule has 2 aromatic rings. The summed E-state index contributed by atoms with van der Waals surface area (Å²) in [7, 11) is -3.10. The van der Waals surface area contributed by atoms with Crippen LogP contribution in [0, 0.1) is 0 Å². The van der Waals surface area contributed by atoms with Crippen LogP contribution in [0.1, 0.15) is 33.6 Å². The lowest BCUT2D eigenvalue weighted by Gasteiger charge is -2.25. The maximum atomic E-state index is 13.1. The topological polar surface area (TPSA) is 111 Å². The van der Waals surface area contributed by atoms with E-state index in [4.69, 9.17) is 9.47 Å². The van der Waals surface area contributed by atoms with Crippen molar-refractivity contribution in [2.75, 3.05) is 23.4 Å². The number of hydrogen-bond donors (Lipinski definition) is 2. The minimum Gasteiger partial charge on any atom is -0.485 e. The Labute approximate surface area is 183 Å². The molecule has 2 amide bonds. The van der Waals surface area contributed by atoms with Crippen molar-refractivity contribution in [3.8, 4) is 11.5 Å². The number of hydrogen-bond acceptors (Lipinski definition) is 7. The molecule has 2 atom stereocenters. The monoisotopic (exact) mass is 462 g/mol. The second kappa shape index (κ2) is 7.83. The zero-order chi connectivity index (χ0) is 21.6. The maximum Gasteiger partial charge on any atom is 0.269 e. The Morgan fingerprint density at radius 3 is 2.71 bits per heavy atom. The molecule has 31 heavy (non-hydrogen) atoms. The maximum absolute atomic E-state index is 13.1. The fourth-order valence-electron chi connectivity index (χ4n) is 4.24. The first-order valence-electron chi connectivity index (χ1n) is 10.2. The smallest absolute Gasteiger partial charge is 0.269 e. The number of rotatable bonds is 4. The fraction of sp³-hybridized carbons (Fsp3) is 0.429. The number of benzene rings is 1. The van der Waals surface area contributed by atoms with Crippen LogP contribution >= 0.6 is 11.3 Å². The summed E-state index contributed by atoms with van der Waals surface area (Å²) in [5.41, 5.74) is 1.40. The van der Waals surface area contributed by atoms with Gasteiger partial charge in [-0.15, -0.1) is 11.3 Å². The quantitative estimate of drug-likeness (QED) is 0.718. The summed E-state index contributed by atoms with van der Waals surface area (Å²) in [4.78, 5) is 27.0. The number of anilines is 1. The number of aryl methyl sites for hydroxylation is 1. The molecule has 0 bridgehead atoms. The van der Waals surface area contributed by atoms with E-state index in [2.05, 4.69) is 10.6 Å². The molecule has 3 heterocycles.